The van der Waals surface area contributed by atoms with Crippen LogP contribution in [0.4, 0.5) is 0 Å². The number of amides is 1. The van der Waals surface area contributed by atoms with Crippen molar-refractivity contribution in [2.45, 2.75) is 6.10 Å². The minimum atomic E-state index is -1.60. The second-order valence-electron chi connectivity index (χ2n) is 4.23. The fourth-order valence-electron chi connectivity index (χ4n) is 1.89. The molecule has 1 unspecified atom stereocenters. The van der Waals surface area contributed by atoms with Gasteiger partial charge in [-0.2, -0.15) is 0 Å². The molecule has 0 saturated heterocycles. The number of carbonyl (C=O) groups is 2. The molecule has 0 aliphatic rings. The van der Waals surface area contributed by atoms with Crippen molar-refractivity contribution in [2.75, 3.05) is 6.54 Å². The molecule has 0 radical (unpaired) electrons. The van der Waals surface area contributed by atoms with E-state index in [0.717, 1.165) is 10.9 Å². The van der Waals surface area contributed by atoms with E-state index in [1.54, 1.807) is 6.20 Å². The van der Waals surface area contributed by atoms with E-state index in [9.17, 15) is 9.59 Å². The topological polar surface area (TPSA) is 91.6 Å². The molecule has 1 aromatic carbocycles. The summed E-state index contributed by atoms with van der Waals surface area (Å²) in [5.41, 5.74) is 1.36. The van der Waals surface area contributed by atoms with Crippen LogP contribution in [-0.2, 0) is 11.8 Å². The molecule has 1 heterocycles. The Morgan fingerprint density at radius 1 is 1.37 bits per heavy atom. The van der Waals surface area contributed by atoms with Crippen LogP contribution in [0.3, 0.4) is 0 Å². The summed E-state index contributed by atoms with van der Waals surface area (Å²) in [5, 5.41) is 20.8. The Labute approximate surface area is 109 Å². The molecule has 0 saturated carbocycles. The first-order chi connectivity index (χ1) is 9.00. The lowest BCUT2D eigenvalue weighted by atomic mass is 10.1. The van der Waals surface area contributed by atoms with Crippen molar-refractivity contribution >= 4 is 22.8 Å². The predicted molar refractivity (Wildman–Crippen MR) is 68.9 cm³/mol. The number of carbonyl (C=O) groups excluding carboxylic acids is 1. The maximum absolute atomic E-state index is 12.0. The van der Waals surface area contributed by atoms with Gasteiger partial charge in [-0.25, -0.2) is 4.79 Å². The molecule has 0 aliphatic carbocycles. The quantitative estimate of drug-likeness (QED) is 0.741. The van der Waals surface area contributed by atoms with E-state index < -0.39 is 18.0 Å². The van der Waals surface area contributed by atoms with Crippen LogP contribution in [0.2, 0.25) is 0 Å². The molecule has 6 nitrogen and oxygen atoms in total. The average Bonchev–Trinajstić information content (AvgIpc) is 2.73. The van der Waals surface area contributed by atoms with Gasteiger partial charge in [-0.05, 0) is 6.07 Å². The first-order valence-electron chi connectivity index (χ1n) is 5.74. The predicted octanol–water partition coefficient (Wildman–Crippen LogP) is 0.354. The van der Waals surface area contributed by atoms with Gasteiger partial charge in [0.1, 0.15) is 0 Å². The van der Waals surface area contributed by atoms with E-state index in [2.05, 4.69) is 5.32 Å². The third-order valence-electron chi connectivity index (χ3n) is 2.88. The first kappa shape index (κ1) is 13.1. The summed E-state index contributed by atoms with van der Waals surface area (Å²) >= 11 is 0. The average molecular weight is 262 g/mol. The Kier molecular flexibility index (Phi) is 3.52. The third kappa shape index (κ3) is 2.58. The van der Waals surface area contributed by atoms with Crippen molar-refractivity contribution in [1.82, 2.24) is 9.88 Å². The van der Waals surface area contributed by atoms with Gasteiger partial charge in [0.2, 0.25) is 0 Å². The van der Waals surface area contributed by atoms with Crippen molar-refractivity contribution < 1.29 is 19.8 Å². The molecule has 19 heavy (non-hydrogen) atoms. The second-order valence-corrected chi connectivity index (χ2v) is 4.23. The summed E-state index contributed by atoms with van der Waals surface area (Å²) < 4.78 is 1.82. The molecule has 6 heteroatoms. The van der Waals surface area contributed by atoms with Gasteiger partial charge in [-0.15, -0.1) is 0 Å². The number of fused-ring (bicyclic) bond motifs is 1. The van der Waals surface area contributed by atoms with Crippen molar-refractivity contribution in [2.24, 2.45) is 7.05 Å². The number of hydrogen-bond acceptors (Lipinski definition) is 3. The molecule has 1 atom stereocenters. The van der Waals surface area contributed by atoms with Crippen molar-refractivity contribution in [3.8, 4) is 0 Å². The zero-order valence-corrected chi connectivity index (χ0v) is 10.3. The van der Waals surface area contributed by atoms with Gasteiger partial charge in [0, 0.05) is 24.1 Å². The minimum Gasteiger partial charge on any atom is -0.479 e. The van der Waals surface area contributed by atoms with Crippen LogP contribution in [0, 0.1) is 0 Å². The maximum atomic E-state index is 12.0. The highest BCUT2D eigenvalue weighted by molar-refractivity contribution is 6.07. The van der Waals surface area contributed by atoms with Gasteiger partial charge in [0.15, 0.2) is 6.10 Å². The monoisotopic (exact) mass is 262 g/mol. The number of carboxylic acids is 1. The number of aromatic nitrogens is 1. The number of para-hydroxylation sites is 1. The smallest absolute Gasteiger partial charge is 0.334 e. The summed E-state index contributed by atoms with van der Waals surface area (Å²) in [7, 11) is 1.82. The van der Waals surface area contributed by atoms with E-state index >= 15 is 0 Å². The summed E-state index contributed by atoms with van der Waals surface area (Å²) in [5.74, 6) is -1.77. The molecular formula is C13H14N2O4. The lowest BCUT2D eigenvalue weighted by molar-refractivity contribution is -0.146. The van der Waals surface area contributed by atoms with Gasteiger partial charge in [0.05, 0.1) is 12.1 Å². The largest absolute Gasteiger partial charge is 0.479 e. The summed E-state index contributed by atoms with van der Waals surface area (Å²) in [6.45, 7) is -0.322. The number of nitrogens with one attached hydrogen (secondary N) is 1. The fraction of sp³-hybridized carbons (Fsp3) is 0.231. The highest BCUT2D eigenvalue weighted by Crippen LogP contribution is 2.19. The highest BCUT2D eigenvalue weighted by Gasteiger charge is 2.17. The lowest BCUT2D eigenvalue weighted by Crippen LogP contribution is -2.36. The number of aryl methyl sites for hydroxylation is 1. The minimum absolute atomic E-state index is 0.322. The van der Waals surface area contributed by atoms with E-state index in [0.29, 0.717) is 5.56 Å². The van der Waals surface area contributed by atoms with Crippen LogP contribution in [0.5, 0.6) is 0 Å². The molecule has 1 amide bonds. The van der Waals surface area contributed by atoms with Crippen LogP contribution in [0.25, 0.3) is 10.9 Å². The third-order valence-corrected chi connectivity index (χ3v) is 2.88. The van der Waals surface area contributed by atoms with E-state index in [-0.39, 0.29) is 6.54 Å². The highest BCUT2D eigenvalue weighted by atomic mass is 16.4. The number of nitrogens with zero attached hydrogens (tertiary/aromatic N) is 1. The van der Waals surface area contributed by atoms with Gasteiger partial charge in [-0.3, -0.25) is 4.79 Å². The molecule has 0 spiro atoms. The van der Waals surface area contributed by atoms with E-state index in [4.69, 9.17) is 10.2 Å². The molecule has 0 bridgehead atoms. The summed E-state index contributed by atoms with van der Waals surface area (Å²) in [6, 6.07) is 7.40. The van der Waals surface area contributed by atoms with Crippen LogP contribution >= 0.6 is 0 Å². The fourth-order valence-corrected chi connectivity index (χ4v) is 1.89. The van der Waals surface area contributed by atoms with Gasteiger partial charge < -0.3 is 20.1 Å². The molecule has 0 aliphatic heterocycles. The van der Waals surface area contributed by atoms with E-state index in [1.807, 2.05) is 35.9 Å². The van der Waals surface area contributed by atoms with Crippen molar-refractivity contribution in [3.05, 3.63) is 36.0 Å². The molecule has 3 N–H and O–H groups in total. The Morgan fingerprint density at radius 3 is 2.74 bits per heavy atom. The molecule has 100 valence electrons. The number of rotatable bonds is 4. The van der Waals surface area contributed by atoms with Crippen LogP contribution in [0.15, 0.2) is 30.5 Å². The maximum Gasteiger partial charge on any atom is 0.334 e. The Balaban J connectivity index is 2.20. The Bertz CT molecular complexity index is 633. The number of benzene rings is 1. The van der Waals surface area contributed by atoms with Crippen LogP contribution in [-0.4, -0.2) is 39.3 Å². The standard InChI is InChI=1S/C13H14N2O4/c1-15-7-9(8-4-2-3-5-10(8)15)12(17)14-6-11(16)13(18)19/h2-5,7,11,16H,6H2,1H3,(H,14,17)(H,18,19). The molecule has 0 fully saturated rings. The second kappa shape index (κ2) is 5.11. The molecule has 1 aromatic heterocycles. The van der Waals surface area contributed by atoms with Crippen LogP contribution < -0.4 is 5.32 Å². The number of hydrogen-bond donors (Lipinski definition) is 3. The first-order valence-corrected chi connectivity index (χ1v) is 5.74. The molecular weight excluding hydrogens is 248 g/mol. The molecule has 2 rings (SSSR count). The number of aliphatic carboxylic acids is 1. The number of carboxylic acid groups (broad SMARTS) is 1. The SMILES string of the molecule is Cn1cc(C(=O)NCC(O)C(=O)O)c2ccccc21. The van der Waals surface area contributed by atoms with Gasteiger partial charge in [-0.1, -0.05) is 18.2 Å². The van der Waals surface area contributed by atoms with Crippen molar-refractivity contribution in [3.63, 3.8) is 0 Å². The normalized spacial score (nSPS) is 12.3. The summed E-state index contributed by atoms with van der Waals surface area (Å²) in [6.07, 6.45) is 0.0755. The molecule has 2 aromatic rings. The van der Waals surface area contributed by atoms with Gasteiger partial charge in [0.25, 0.3) is 5.91 Å². The lowest BCUT2D eigenvalue weighted by Gasteiger charge is -2.06. The van der Waals surface area contributed by atoms with Crippen molar-refractivity contribution in [1.29, 1.82) is 0 Å². The zero-order chi connectivity index (χ0) is 14.0. The van der Waals surface area contributed by atoms with E-state index in [1.165, 1.54) is 0 Å². The van der Waals surface area contributed by atoms with Gasteiger partial charge >= 0.3 is 5.97 Å². The number of aliphatic hydroxyl groups is 1. The number of aliphatic hydroxyl groups excluding tert-OH is 1. The van der Waals surface area contributed by atoms with Crippen LogP contribution in [0.1, 0.15) is 10.4 Å². The Hall–Kier alpha value is -2.34. The Morgan fingerprint density at radius 2 is 2.05 bits per heavy atom. The zero-order valence-electron chi connectivity index (χ0n) is 10.3. The summed E-state index contributed by atoms with van der Waals surface area (Å²) in [4.78, 5) is 22.4.